The summed E-state index contributed by atoms with van der Waals surface area (Å²) >= 11 is 0. The molecule has 1 amide bonds. The minimum absolute atomic E-state index is 0.234. The van der Waals surface area contributed by atoms with Crippen molar-refractivity contribution in [3.05, 3.63) is 0 Å². The van der Waals surface area contributed by atoms with Crippen LogP contribution in [0.3, 0.4) is 0 Å². The molecule has 126 valence electrons. The highest BCUT2D eigenvalue weighted by molar-refractivity contribution is 5.79. The van der Waals surface area contributed by atoms with Crippen LogP contribution in [0, 0.1) is 5.92 Å². The first-order chi connectivity index (χ1) is 10.6. The van der Waals surface area contributed by atoms with Gasteiger partial charge < -0.3 is 10.2 Å². The number of piperazine rings is 1. The summed E-state index contributed by atoms with van der Waals surface area (Å²) in [5.41, 5.74) is 0. The summed E-state index contributed by atoms with van der Waals surface area (Å²) in [5, 5.41) is 3.30. The zero-order chi connectivity index (χ0) is 15.5. The van der Waals surface area contributed by atoms with E-state index in [9.17, 15) is 4.79 Å². The van der Waals surface area contributed by atoms with E-state index in [-0.39, 0.29) is 5.92 Å². The second kappa shape index (κ2) is 7.28. The van der Waals surface area contributed by atoms with Crippen molar-refractivity contribution in [1.29, 1.82) is 0 Å². The van der Waals surface area contributed by atoms with E-state index in [0.717, 1.165) is 64.3 Å². The van der Waals surface area contributed by atoms with Crippen molar-refractivity contribution < 1.29 is 4.79 Å². The predicted octanol–water partition coefficient (Wildman–Crippen LogP) is 0.613. The van der Waals surface area contributed by atoms with Crippen molar-refractivity contribution in [3.8, 4) is 0 Å². The zero-order valence-corrected chi connectivity index (χ0v) is 14.3. The molecule has 3 fully saturated rings. The number of nitrogens with one attached hydrogen (secondary N) is 1. The van der Waals surface area contributed by atoms with E-state index in [4.69, 9.17) is 0 Å². The average Bonchev–Trinajstić information content (AvgIpc) is 3.17. The van der Waals surface area contributed by atoms with Gasteiger partial charge in [0.15, 0.2) is 0 Å². The van der Waals surface area contributed by atoms with E-state index in [2.05, 4.69) is 33.9 Å². The summed E-state index contributed by atoms with van der Waals surface area (Å²) in [4.78, 5) is 19.7. The van der Waals surface area contributed by atoms with E-state index in [1.54, 1.807) is 0 Å². The first-order valence-corrected chi connectivity index (χ1v) is 9.12. The van der Waals surface area contributed by atoms with Crippen LogP contribution < -0.4 is 5.32 Å². The molecule has 0 radical (unpaired) electrons. The van der Waals surface area contributed by atoms with Crippen LogP contribution in [0.25, 0.3) is 0 Å². The predicted molar refractivity (Wildman–Crippen MR) is 88.9 cm³/mol. The number of likely N-dealkylation sites (tertiary alicyclic amines) is 1. The monoisotopic (exact) mass is 308 g/mol. The molecule has 3 unspecified atom stereocenters. The van der Waals surface area contributed by atoms with Crippen LogP contribution >= 0.6 is 0 Å². The molecule has 3 atom stereocenters. The van der Waals surface area contributed by atoms with E-state index < -0.39 is 0 Å². The lowest BCUT2D eigenvalue weighted by Crippen LogP contribution is -2.52. The lowest BCUT2D eigenvalue weighted by Gasteiger charge is -2.37. The number of hydrogen-bond acceptors (Lipinski definition) is 4. The van der Waals surface area contributed by atoms with Crippen LogP contribution in [0.15, 0.2) is 0 Å². The molecule has 3 aliphatic heterocycles. The van der Waals surface area contributed by atoms with Gasteiger partial charge in [0.25, 0.3) is 0 Å². The van der Waals surface area contributed by atoms with E-state index >= 15 is 0 Å². The molecule has 3 rings (SSSR count). The highest BCUT2D eigenvalue weighted by atomic mass is 16.2. The Morgan fingerprint density at radius 2 is 1.68 bits per heavy atom. The molecule has 3 heterocycles. The highest BCUT2D eigenvalue weighted by Gasteiger charge is 2.30. The van der Waals surface area contributed by atoms with Crippen molar-refractivity contribution in [1.82, 2.24) is 20.0 Å². The molecular formula is C17H32N4O. The molecule has 0 aromatic heterocycles. The van der Waals surface area contributed by atoms with Crippen molar-refractivity contribution in [2.45, 2.75) is 45.2 Å². The zero-order valence-electron chi connectivity index (χ0n) is 14.3. The molecule has 0 bridgehead atoms. The fourth-order valence-electron chi connectivity index (χ4n) is 4.26. The molecule has 5 heteroatoms. The van der Waals surface area contributed by atoms with Gasteiger partial charge >= 0.3 is 0 Å². The number of carbonyl (C=O) groups is 1. The third kappa shape index (κ3) is 3.63. The van der Waals surface area contributed by atoms with Crippen LogP contribution in [0.5, 0.6) is 0 Å². The molecule has 1 N–H and O–H groups in total. The molecule has 3 aliphatic rings. The van der Waals surface area contributed by atoms with Crippen LogP contribution in [-0.4, -0.2) is 85.0 Å². The topological polar surface area (TPSA) is 38.8 Å². The third-order valence-electron chi connectivity index (χ3n) is 5.90. The maximum atomic E-state index is 12.4. The maximum Gasteiger partial charge on any atom is 0.227 e. The molecule has 0 spiro atoms. The Morgan fingerprint density at radius 1 is 1.00 bits per heavy atom. The molecule has 0 saturated carbocycles. The Balaban J connectivity index is 1.39. The second-order valence-corrected chi connectivity index (χ2v) is 7.37. The second-order valence-electron chi connectivity index (χ2n) is 7.37. The molecule has 3 saturated heterocycles. The summed E-state index contributed by atoms with van der Waals surface area (Å²) in [6.45, 7) is 12.9. The minimum atomic E-state index is 0.234. The summed E-state index contributed by atoms with van der Waals surface area (Å²) in [6.07, 6.45) is 3.71. The molecule has 0 aliphatic carbocycles. The Hall–Kier alpha value is -0.650. The van der Waals surface area contributed by atoms with Gasteiger partial charge in [-0.15, -0.1) is 0 Å². The Kier molecular flexibility index (Phi) is 5.37. The van der Waals surface area contributed by atoms with E-state index in [1.807, 2.05) is 0 Å². The number of hydrogen-bond donors (Lipinski definition) is 1. The van der Waals surface area contributed by atoms with Gasteiger partial charge in [0, 0.05) is 57.9 Å². The summed E-state index contributed by atoms with van der Waals surface area (Å²) < 4.78 is 0. The van der Waals surface area contributed by atoms with Crippen molar-refractivity contribution >= 4 is 5.91 Å². The number of carbonyl (C=O) groups excluding carboxylic acids is 1. The average molecular weight is 308 g/mol. The summed E-state index contributed by atoms with van der Waals surface area (Å²) in [5.74, 6) is 0.615. The Labute approximate surface area is 135 Å². The number of nitrogens with zero attached hydrogens (tertiary/aromatic N) is 3. The van der Waals surface area contributed by atoms with Crippen LogP contribution in [0.1, 0.15) is 33.1 Å². The first-order valence-electron chi connectivity index (χ1n) is 9.12. The van der Waals surface area contributed by atoms with Crippen LogP contribution in [-0.2, 0) is 4.79 Å². The van der Waals surface area contributed by atoms with Gasteiger partial charge in [-0.25, -0.2) is 0 Å². The van der Waals surface area contributed by atoms with Gasteiger partial charge in [0.1, 0.15) is 0 Å². The molecule has 0 aromatic carbocycles. The molecule has 5 nitrogen and oxygen atoms in total. The fourth-order valence-corrected chi connectivity index (χ4v) is 4.26. The van der Waals surface area contributed by atoms with Crippen LogP contribution in [0.2, 0.25) is 0 Å². The smallest absolute Gasteiger partial charge is 0.227 e. The Morgan fingerprint density at radius 3 is 2.27 bits per heavy atom. The number of amides is 1. The van der Waals surface area contributed by atoms with E-state index in [1.165, 1.54) is 19.4 Å². The third-order valence-corrected chi connectivity index (χ3v) is 5.90. The van der Waals surface area contributed by atoms with Crippen molar-refractivity contribution in [2.75, 3.05) is 52.4 Å². The lowest BCUT2D eigenvalue weighted by molar-refractivity contribution is -0.136. The van der Waals surface area contributed by atoms with Gasteiger partial charge in [-0.2, -0.15) is 0 Å². The molecule has 22 heavy (non-hydrogen) atoms. The minimum Gasteiger partial charge on any atom is -0.340 e. The molecule has 0 aromatic rings. The first kappa shape index (κ1) is 16.2. The van der Waals surface area contributed by atoms with Crippen molar-refractivity contribution in [3.63, 3.8) is 0 Å². The standard InChI is InChI=1S/C17H32N4O/c1-14-3-4-15(2)21(14)12-9-19-7-10-20(11-8-19)17(22)16-5-6-18-13-16/h14-16,18H,3-13H2,1-2H3. The van der Waals surface area contributed by atoms with Gasteiger partial charge in [-0.3, -0.25) is 14.6 Å². The van der Waals surface area contributed by atoms with Gasteiger partial charge in [0.2, 0.25) is 5.91 Å². The maximum absolute atomic E-state index is 12.4. The van der Waals surface area contributed by atoms with Gasteiger partial charge in [-0.1, -0.05) is 0 Å². The van der Waals surface area contributed by atoms with E-state index in [0.29, 0.717) is 5.91 Å². The lowest BCUT2D eigenvalue weighted by atomic mass is 10.1. The Bertz CT molecular complexity index is 365. The van der Waals surface area contributed by atoms with Crippen LogP contribution in [0.4, 0.5) is 0 Å². The number of rotatable bonds is 4. The summed E-state index contributed by atoms with van der Waals surface area (Å²) in [6, 6.07) is 1.49. The quantitative estimate of drug-likeness (QED) is 0.826. The molecular weight excluding hydrogens is 276 g/mol. The fraction of sp³-hybridized carbons (Fsp3) is 0.941. The largest absolute Gasteiger partial charge is 0.340 e. The SMILES string of the molecule is CC1CCC(C)N1CCN1CCN(C(=O)C2CCNC2)CC1. The van der Waals surface area contributed by atoms with Gasteiger partial charge in [0.05, 0.1) is 5.92 Å². The van der Waals surface area contributed by atoms with Crippen molar-refractivity contribution in [2.24, 2.45) is 5.92 Å². The van der Waals surface area contributed by atoms with Gasteiger partial charge in [-0.05, 0) is 39.7 Å². The normalized spacial score (nSPS) is 34.5. The highest BCUT2D eigenvalue weighted by Crippen LogP contribution is 2.23. The summed E-state index contributed by atoms with van der Waals surface area (Å²) in [7, 11) is 0.